The zero-order valence-electron chi connectivity index (χ0n) is 34.3. The highest BCUT2D eigenvalue weighted by molar-refractivity contribution is 7.99. The minimum Gasteiger partial charge on any atom is -0.481 e. The number of aliphatic hydroxyl groups excluding tert-OH is 1. The first-order valence-electron chi connectivity index (χ1n) is 20.2. The van der Waals surface area contributed by atoms with Gasteiger partial charge in [-0.05, 0) is 35.6 Å². The maximum Gasteiger partial charge on any atom is 0.305 e. The summed E-state index contributed by atoms with van der Waals surface area (Å²) in [5.41, 5.74) is 7.55. The predicted octanol–water partition coefficient (Wildman–Crippen LogP) is -2.40. The molecular weight excluding hydrogens is 817 g/mol. The molecule has 3 aliphatic heterocycles. The number of anilines is 1. The Hall–Kier alpha value is -5.90. The Morgan fingerprint density at radius 2 is 1.46 bits per heavy atom. The van der Waals surface area contributed by atoms with Crippen molar-refractivity contribution in [3.63, 3.8) is 0 Å². The third-order valence-electron chi connectivity index (χ3n) is 11.3. The average molecular weight is 871 g/mol. The van der Waals surface area contributed by atoms with E-state index in [4.69, 9.17) is 5.73 Å². The Morgan fingerprint density at radius 1 is 0.820 bits per heavy atom. The first-order chi connectivity index (χ1) is 28.9. The Morgan fingerprint density at radius 3 is 2.11 bits per heavy atom. The van der Waals surface area contributed by atoms with Gasteiger partial charge in [-0.15, -0.1) is 11.8 Å². The van der Waals surface area contributed by atoms with Gasteiger partial charge >= 0.3 is 5.97 Å². The molecule has 21 nitrogen and oxygen atoms in total. The number of hydrogen-bond acceptors (Lipinski definition) is 12. The number of aromatic amines is 1. The van der Waals surface area contributed by atoms with Gasteiger partial charge < -0.3 is 63.0 Å². The van der Waals surface area contributed by atoms with Gasteiger partial charge in [-0.3, -0.25) is 43.2 Å². The largest absolute Gasteiger partial charge is 0.481 e. The summed E-state index contributed by atoms with van der Waals surface area (Å²) < 4.78 is 0. The van der Waals surface area contributed by atoms with E-state index >= 15 is 0 Å². The molecule has 8 amide bonds. The molecule has 0 aliphatic carbocycles. The van der Waals surface area contributed by atoms with Crippen molar-refractivity contribution in [3.8, 4) is 0 Å². The number of rotatable bonds is 6. The molecule has 61 heavy (non-hydrogen) atoms. The molecule has 1 aromatic heterocycles. The van der Waals surface area contributed by atoms with Crippen LogP contribution < -0.4 is 43.0 Å². The molecule has 0 radical (unpaired) electrons. The number of nitrogen functional groups attached to an aromatic ring is 1. The van der Waals surface area contributed by atoms with Gasteiger partial charge in [-0.25, -0.2) is 0 Å². The molecule has 0 saturated carbocycles. The topological polar surface area (TPSA) is 323 Å². The van der Waals surface area contributed by atoms with Crippen molar-refractivity contribution < 1.29 is 53.4 Å². The monoisotopic (exact) mass is 870 g/mol. The van der Waals surface area contributed by atoms with E-state index in [1.807, 2.05) is 0 Å². The summed E-state index contributed by atoms with van der Waals surface area (Å²) in [6.45, 7) is 5.29. The molecule has 1 saturated heterocycles. The van der Waals surface area contributed by atoms with E-state index in [0.717, 1.165) is 16.7 Å². The van der Waals surface area contributed by atoms with Gasteiger partial charge in [0.1, 0.15) is 36.3 Å². The number of thioether (sulfide) groups is 1. The van der Waals surface area contributed by atoms with Gasteiger partial charge in [0.15, 0.2) is 0 Å². The smallest absolute Gasteiger partial charge is 0.305 e. The molecule has 332 valence electrons. The highest BCUT2D eigenvalue weighted by Gasteiger charge is 2.44. The van der Waals surface area contributed by atoms with E-state index in [1.165, 1.54) is 0 Å². The molecule has 4 heterocycles. The average Bonchev–Trinajstić information content (AvgIpc) is 3.78. The summed E-state index contributed by atoms with van der Waals surface area (Å²) >= 11 is 1.02. The van der Waals surface area contributed by atoms with Crippen molar-refractivity contribution in [3.05, 3.63) is 23.8 Å². The van der Waals surface area contributed by atoms with Gasteiger partial charge in [0.2, 0.25) is 47.3 Å². The second-order valence-corrected chi connectivity index (χ2v) is 16.8. The summed E-state index contributed by atoms with van der Waals surface area (Å²) in [5, 5.41) is 39.5. The second kappa shape index (κ2) is 20.1. The highest BCUT2D eigenvalue weighted by atomic mass is 32.2. The van der Waals surface area contributed by atoms with Crippen LogP contribution in [0, 0.1) is 11.8 Å². The molecule has 0 spiro atoms. The first kappa shape index (κ1) is 46.2. The van der Waals surface area contributed by atoms with Crippen LogP contribution in [0.2, 0.25) is 0 Å². The van der Waals surface area contributed by atoms with Crippen LogP contribution in [0.5, 0.6) is 0 Å². The predicted molar refractivity (Wildman–Crippen MR) is 220 cm³/mol. The summed E-state index contributed by atoms with van der Waals surface area (Å²) in [7, 11) is 0. The van der Waals surface area contributed by atoms with Crippen LogP contribution in [0.1, 0.15) is 58.9 Å². The fourth-order valence-electron chi connectivity index (χ4n) is 7.44. The number of aliphatic hydroxyl groups is 1. The van der Waals surface area contributed by atoms with Crippen molar-refractivity contribution in [2.75, 3.05) is 31.1 Å². The van der Waals surface area contributed by atoms with E-state index < -0.39 is 133 Å². The quantitative estimate of drug-likeness (QED) is 0.135. The number of hydrogen-bond donors (Lipinski definition) is 11. The summed E-state index contributed by atoms with van der Waals surface area (Å²) in [6, 6.07) is -3.56. The van der Waals surface area contributed by atoms with Gasteiger partial charge in [-0.2, -0.15) is 0 Å². The molecule has 3 aliphatic rings. The number of aromatic nitrogens is 1. The van der Waals surface area contributed by atoms with Gasteiger partial charge in [-0.1, -0.05) is 40.5 Å². The highest BCUT2D eigenvalue weighted by Crippen LogP contribution is 2.33. The molecule has 2 aromatic rings. The van der Waals surface area contributed by atoms with E-state index in [0.29, 0.717) is 40.0 Å². The van der Waals surface area contributed by atoms with E-state index in [-0.39, 0.29) is 18.6 Å². The van der Waals surface area contributed by atoms with Gasteiger partial charge in [0, 0.05) is 41.7 Å². The van der Waals surface area contributed by atoms with Gasteiger partial charge in [0.05, 0.1) is 30.6 Å². The standard InChI is InChI=1S/C39H54N10O11S/c1-5-17(3)31-36(58)42-13-28(51)43-26-16-61-38-22(21-9-19(40)7-8-23(21)46-38)11-24(33(55)41-14-29(52)47-31)44-37(59)32(18(4)6-2)48-35(57)27-10-20(50)15-49(27)39(60)25(12-30(53)54)45-34(26)56/h7-9,17-18,20,24-27,31-32,46,50H,5-6,10-16,40H2,1-4H3,(H,41,55)(H,42,58)(H,43,51)(H,44,59)(H,45,56)(H,47,52)(H,48,57)(H,53,54)/t17-,18-,20+,24-,25-,26-,27-,31-,32-/m0/s1. The van der Waals surface area contributed by atoms with E-state index in [2.05, 4.69) is 42.2 Å². The number of carbonyl (C=O) groups excluding carboxylic acids is 8. The van der Waals surface area contributed by atoms with Crippen LogP contribution in [-0.4, -0.2) is 141 Å². The maximum atomic E-state index is 14.3. The third-order valence-corrected chi connectivity index (χ3v) is 12.4. The number of benzene rings is 1. The zero-order valence-corrected chi connectivity index (χ0v) is 35.1. The van der Waals surface area contributed by atoms with Crippen LogP contribution in [-0.2, 0) is 49.6 Å². The van der Waals surface area contributed by atoms with E-state index in [1.54, 1.807) is 45.9 Å². The van der Waals surface area contributed by atoms with Crippen molar-refractivity contribution in [1.82, 2.24) is 47.1 Å². The molecule has 9 atom stereocenters. The summed E-state index contributed by atoms with van der Waals surface area (Å²) in [4.78, 5) is 127. The lowest BCUT2D eigenvalue weighted by atomic mass is 9.96. The van der Waals surface area contributed by atoms with Crippen LogP contribution in [0.15, 0.2) is 23.2 Å². The first-order valence-corrected chi connectivity index (χ1v) is 21.2. The SMILES string of the molecule is CC[C@H](C)[C@@H]1NC(=O)CNC(=O)[C@@H]2Cc3c([nH]c4ccc(N)cc34)SC[C@H](NC(=O)CNC1=O)C(=O)N[C@@H](CC(=O)O)C(=O)N1C[C@H](O)C[C@H]1C(=O)N[C@@H]([C@@H](C)CC)C(=O)N2. The molecule has 2 bridgehead atoms. The Balaban J connectivity index is 1.69. The molecule has 5 rings (SSSR count). The minimum atomic E-state index is -1.78. The molecule has 1 aromatic carbocycles. The summed E-state index contributed by atoms with van der Waals surface area (Å²) in [5.74, 6) is -9.47. The van der Waals surface area contributed by atoms with Gasteiger partial charge in [0.25, 0.3) is 0 Å². The third kappa shape index (κ3) is 11.3. The van der Waals surface area contributed by atoms with Crippen molar-refractivity contribution in [1.29, 1.82) is 0 Å². The normalized spacial score (nSPS) is 27.6. The number of nitrogens with two attached hydrogens (primary N) is 1. The Labute approximate surface area is 355 Å². The van der Waals surface area contributed by atoms with Crippen molar-refractivity contribution >= 4 is 81.6 Å². The lowest BCUT2D eigenvalue weighted by Gasteiger charge is -2.31. The molecule has 12 N–H and O–H groups in total. The molecular formula is C39H54N10O11S. The Kier molecular flexibility index (Phi) is 15.2. The van der Waals surface area contributed by atoms with Crippen molar-refractivity contribution in [2.24, 2.45) is 11.8 Å². The zero-order chi connectivity index (χ0) is 44.7. The van der Waals surface area contributed by atoms with Crippen molar-refractivity contribution in [2.45, 2.75) is 107 Å². The van der Waals surface area contributed by atoms with Crippen LogP contribution in [0.25, 0.3) is 10.9 Å². The second-order valence-electron chi connectivity index (χ2n) is 15.7. The molecule has 1 fully saturated rings. The maximum absolute atomic E-state index is 14.3. The van der Waals surface area contributed by atoms with Crippen LogP contribution in [0.4, 0.5) is 5.69 Å². The number of nitrogens with zero attached hydrogens (tertiary/aromatic N) is 1. The number of amides is 8. The number of nitrogens with one attached hydrogen (secondary N) is 8. The summed E-state index contributed by atoms with van der Waals surface area (Å²) in [6.07, 6.45) is -1.86. The number of carbonyl (C=O) groups is 9. The minimum absolute atomic E-state index is 0.217. The van der Waals surface area contributed by atoms with E-state index in [9.17, 15) is 53.4 Å². The lowest BCUT2D eigenvalue weighted by Crippen LogP contribution is -2.61. The fraction of sp³-hybridized carbons (Fsp3) is 0.564. The van der Waals surface area contributed by atoms with Crippen LogP contribution >= 0.6 is 11.8 Å². The number of H-pyrrole nitrogens is 1. The van der Waals surface area contributed by atoms with Crippen LogP contribution in [0.3, 0.4) is 0 Å². The Bertz CT molecular complexity index is 2060. The molecule has 22 heteroatoms. The molecule has 0 unspecified atom stereocenters. The number of fused-ring (bicyclic) bond motifs is 5. The number of carboxylic acid groups (broad SMARTS) is 1. The lowest BCUT2D eigenvalue weighted by molar-refractivity contribution is -0.146. The number of carboxylic acids is 1. The fourth-order valence-corrected chi connectivity index (χ4v) is 8.55. The number of aliphatic carboxylic acids is 1.